The summed E-state index contributed by atoms with van der Waals surface area (Å²) < 4.78 is 5.73. The van der Waals surface area contributed by atoms with Crippen molar-refractivity contribution in [3.05, 3.63) is 0 Å². The van der Waals surface area contributed by atoms with E-state index in [0.717, 1.165) is 19.1 Å². The van der Waals surface area contributed by atoms with Crippen LogP contribution in [0.5, 0.6) is 0 Å². The Bertz CT molecular complexity index is 151. The Kier molecular flexibility index (Phi) is 6.26. The molecule has 2 atom stereocenters. The molecule has 0 spiro atoms. The van der Waals surface area contributed by atoms with Crippen LogP contribution in [0.2, 0.25) is 0 Å². The molecule has 1 fully saturated rings. The fourth-order valence-corrected chi connectivity index (χ4v) is 2.68. The highest BCUT2D eigenvalue weighted by atomic mass is 16.5. The van der Waals surface area contributed by atoms with Crippen molar-refractivity contribution in [1.82, 2.24) is 5.32 Å². The van der Waals surface area contributed by atoms with E-state index in [1.165, 1.54) is 32.1 Å². The molecular weight excluding hydrogens is 186 g/mol. The van der Waals surface area contributed by atoms with Gasteiger partial charge in [0.2, 0.25) is 0 Å². The molecule has 0 saturated carbocycles. The maximum absolute atomic E-state index is 5.73. The summed E-state index contributed by atoms with van der Waals surface area (Å²) in [5.41, 5.74) is 0. The highest BCUT2D eigenvalue weighted by Crippen LogP contribution is 2.23. The topological polar surface area (TPSA) is 21.3 Å². The SMILES string of the molecule is CCNC(CC1CCCO1)C(CC)CC. The molecule has 1 heterocycles. The molecule has 0 aromatic heterocycles. The molecule has 0 bridgehead atoms. The monoisotopic (exact) mass is 213 g/mol. The number of ether oxygens (including phenoxy) is 1. The van der Waals surface area contributed by atoms with Gasteiger partial charge in [0, 0.05) is 12.6 Å². The summed E-state index contributed by atoms with van der Waals surface area (Å²) in [7, 11) is 0. The van der Waals surface area contributed by atoms with Crippen molar-refractivity contribution < 1.29 is 4.74 Å². The molecule has 1 aliphatic heterocycles. The van der Waals surface area contributed by atoms with Gasteiger partial charge in [0.15, 0.2) is 0 Å². The van der Waals surface area contributed by atoms with Crippen molar-refractivity contribution in [3.63, 3.8) is 0 Å². The molecule has 2 heteroatoms. The van der Waals surface area contributed by atoms with Gasteiger partial charge in [0.1, 0.15) is 0 Å². The van der Waals surface area contributed by atoms with Crippen molar-refractivity contribution in [3.8, 4) is 0 Å². The molecule has 0 radical (unpaired) electrons. The summed E-state index contributed by atoms with van der Waals surface area (Å²) in [6, 6.07) is 0.660. The molecular formula is C13H27NO. The molecule has 0 aromatic rings. The first-order valence-corrected chi connectivity index (χ1v) is 6.66. The van der Waals surface area contributed by atoms with Crippen LogP contribution in [-0.2, 0) is 4.74 Å². The van der Waals surface area contributed by atoms with Crippen molar-refractivity contribution in [1.29, 1.82) is 0 Å². The smallest absolute Gasteiger partial charge is 0.0590 e. The van der Waals surface area contributed by atoms with E-state index in [9.17, 15) is 0 Å². The summed E-state index contributed by atoms with van der Waals surface area (Å²) >= 11 is 0. The molecule has 2 nitrogen and oxygen atoms in total. The molecule has 1 saturated heterocycles. The second-order valence-corrected chi connectivity index (χ2v) is 4.61. The summed E-state index contributed by atoms with van der Waals surface area (Å²) in [6.45, 7) is 8.85. The van der Waals surface area contributed by atoms with E-state index in [1.54, 1.807) is 0 Å². The lowest BCUT2D eigenvalue weighted by molar-refractivity contribution is 0.0861. The number of nitrogens with one attached hydrogen (secondary N) is 1. The molecule has 0 amide bonds. The van der Waals surface area contributed by atoms with Gasteiger partial charge in [0.05, 0.1) is 6.10 Å². The van der Waals surface area contributed by atoms with Gasteiger partial charge in [-0.05, 0) is 31.7 Å². The fraction of sp³-hybridized carbons (Fsp3) is 1.00. The average Bonchev–Trinajstić information content (AvgIpc) is 2.72. The van der Waals surface area contributed by atoms with Gasteiger partial charge in [-0.3, -0.25) is 0 Å². The van der Waals surface area contributed by atoms with Crippen molar-refractivity contribution in [2.75, 3.05) is 13.2 Å². The fourth-order valence-electron chi connectivity index (χ4n) is 2.68. The molecule has 90 valence electrons. The van der Waals surface area contributed by atoms with Gasteiger partial charge in [-0.2, -0.15) is 0 Å². The van der Waals surface area contributed by atoms with E-state index < -0.39 is 0 Å². The normalized spacial score (nSPS) is 23.6. The van der Waals surface area contributed by atoms with Crippen LogP contribution in [0.15, 0.2) is 0 Å². The van der Waals surface area contributed by atoms with E-state index in [2.05, 4.69) is 26.1 Å². The maximum atomic E-state index is 5.73. The standard InChI is InChI=1S/C13H27NO/c1-4-11(5-2)13(14-6-3)10-12-8-7-9-15-12/h11-14H,4-10H2,1-3H3. The predicted molar refractivity (Wildman–Crippen MR) is 65.1 cm³/mol. The second-order valence-electron chi connectivity index (χ2n) is 4.61. The Morgan fingerprint density at radius 1 is 1.27 bits per heavy atom. The molecule has 2 unspecified atom stereocenters. The third-order valence-corrected chi connectivity index (χ3v) is 3.62. The zero-order valence-electron chi connectivity index (χ0n) is 10.6. The third-order valence-electron chi connectivity index (χ3n) is 3.62. The summed E-state index contributed by atoms with van der Waals surface area (Å²) in [5, 5.41) is 3.63. The lowest BCUT2D eigenvalue weighted by Crippen LogP contribution is -2.38. The largest absolute Gasteiger partial charge is 0.378 e. The average molecular weight is 213 g/mol. The number of rotatable bonds is 7. The van der Waals surface area contributed by atoms with Gasteiger partial charge in [0.25, 0.3) is 0 Å². The highest BCUT2D eigenvalue weighted by molar-refractivity contribution is 4.79. The zero-order chi connectivity index (χ0) is 11.1. The van der Waals surface area contributed by atoms with Crippen LogP contribution in [0.25, 0.3) is 0 Å². The maximum Gasteiger partial charge on any atom is 0.0590 e. The Morgan fingerprint density at radius 2 is 2.00 bits per heavy atom. The molecule has 0 aliphatic carbocycles. The van der Waals surface area contributed by atoms with E-state index in [4.69, 9.17) is 4.74 Å². The Morgan fingerprint density at radius 3 is 2.47 bits per heavy atom. The van der Waals surface area contributed by atoms with E-state index in [-0.39, 0.29) is 0 Å². The van der Waals surface area contributed by atoms with E-state index >= 15 is 0 Å². The van der Waals surface area contributed by atoms with Crippen LogP contribution in [0.4, 0.5) is 0 Å². The van der Waals surface area contributed by atoms with Gasteiger partial charge < -0.3 is 10.1 Å². The third kappa shape index (κ3) is 4.12. The van der Waals surface area contributed by atoms with E-state index in [0.29, 0.717) is 12.1 Å². The molecule has 1 N–H and O–H groups in total. The Labute approximate surface area is 94.8 Å². The molecule has 0 aromatic carbocycles. The summed E-state index contributed by atoms with van der Waals surface area (Å²) in [6.07, 6.45) is 6.81. The second kappa shape index (κ2) is 7.24. The first kappa shape index (κ1) is 13.0. The minimum atomic E-state index is 0.523. The van der Waals surface area contributed by atoms with Crippen LogP contribution in [-0.4, -0.2) is 25.3 Å². The van der Waals surface area contributed by atoms with Crippen LogP contribution in [0, 0.1) is 5.92 Å². The van der Waals surface area contributed by atoms with Gasteiger partial charge in [-0.1, -0.05) is 33.6 Å². The van der Waals surface area contributed by atoms with Gasteiger partial charge in [-0.25, -0.2) is 0 Å². The molecule has 1 aliphatic rings. The zero-order valence-corrected chi connectivity index (χ0v) is 10.6. The van der Waals surface area contributed by atoms with E-state index in [1.807, 2.05) is 0 Å². The Hall–Kier alpha value is -0.0800. The molecule has 1 rings (SSSR count). The Balaban J connectivity index is 2.40. The first-order chi connectivity index (χ1) is 7.31. The predicted octanol–water partition coefficient (Wildman–Crippen LogP) is 2.97. The lowest BCUT2D eigenvalue weighted by atomic mass is 9.89. The van der Waals surface area contributed by atoms with Crippen LogP contribution in [0.1, 0.15) is 52.9 Å². The molecule has 15 heavy (non-hydrogen) atoms. The summed E-state index contributed by atoms with van der Waals surface area (Å²) in [4.78, 5) is 0. The van der Waals surface area contributed by atoms with Gasteiger partial charge in [-0.15, -0.1) is 0 Å². The van der Waals surface area contributed by atoms with Gasteiger partial charge >= 0.3 is 0 Å². The van der Waals surface area contributed by atoms with Crippen molar-refractivity contribution >= 4 is 0 Å². The minimum Gasteiger partial charge on any atom is -0.378 e. The number of hydrogen-bond donors (Lipinski definition) is 1. The van der Waals surface area contributed by atoms with Crippen molar-refractivity contribution in [2.24, 2.45) is 5.92 Å². The van der Waals surface area contributed by atoms with Crippen molar-refractivity contribution in [2.45, 2.75) is 65.0 Å². The number of hydrogen-bond acceptors (Lipinski definition) is 2. The highest BCUT2D eigenvalue weighted by Gasteiger charge is 2.24. The first-order valence-electron chi connectivity index (χ1n) is 6.66. The summed E-state index contributed by atoms with van der Waals surface area (Å²) in [5.74, 6) is 0.814. The van der Waals surface area contributed by atoms with Crippen LogP contribution >= 0.6 is 0 Å². The van der Waals surface area contributed by atoms with Crippen LogP contribution < -0.4 is 5.32 Å². The van der Waals surface area contributed by atoms with Crippen LogP contribution in [0.3, 0.4) is 0 Å². The lowest BCUT2D eigenvalue weighted by Gasteiger charge is -2.28. The minimum absolute atomic E-state index is 0.523. The quantitative estimate of drug-likeness (QED) is 0.702.